The number of nitrogens with one attached hydrogen (secondary N) is 1. The summed E-state index contributed by atoms with van der Waals surface area (Å²) >= 11 is 0. The summed E-state index contributed by atoms with van der Waals surface area (Å²) < 4.78 is 0. The van der Waals surface area contributed by atoms with Gasteiger partial charge in [0.2, 0.25) is 5.91 Å². The Hall–Kier alpha value is -1.16. The van der Waals surface area contributed by atoms with Crippen molar-refractivity contribution in [3.05, 3.63) is 12.7 Å². The Morgan fingerprint density at radius 2 is 1.94 bits per heavy atom. The average molecular weight is 255 g/mol. The SMILES string of the molecule is C=CCCC[C@H](C(=O)NO)[C@@H](CC(C)C)C(C)=O. The van der Waals surface area contributed by atoms with E-state index in [1.54, 1.807) is 11.6 Å². The summed E-state index contributed by atoms with van der Waals surface area (Å²) in [4.78, 5) is 23.4. The Balaban J connectivity index is 4.79. The second-order valence-corrected chi connectivity index (χ2v) is 5.15. The molecule has 0 aromatic heterocycles. The van der Waals surface area contributed by atoms with Crippen LogP contribution in [-0.2, 0) is 9.59 Å². The molecular formula is C14H25NO3. The van der Waals surface area contributed by atoms with Crippen molar-refractivity contribution < 1.29 is 14.8 Å². The van der Waals surface area contributed by atoms with Crippen LogP contribution in [0.1, 0.15) is 46.5 Å². The van der Waals surface area contributed by atoms with E-state index in [9.17, 15) is 9.59 Å². The van der Waals surface area contributed by atoms with E-state index >= 15 is 0 Å². The van der Waals surface area contributed by atoms with Crippen molar-refractivity contribution in [3.63, 3.8) is 0 Å². The lowest BCUT2D eigenvalue weighted by Crippen LogP contribution is -2.36. The molecular weight excluding hydrogens is 230 g/mol. The van der Waals surface area contributed by atoms with E-state index in [0.717, 1.165) is 12.8 Å². The zero-order valence-electron chi connectivity index (χ0n) is 11.6. The van der Waals surface area contributed by atoms with E-state index in [0.29, 0.717) is 18.8 Å². The minimum Gasteiger partial charge on any atom is -0.300 e. The number of ketones is 1. The van der Waals surface area contributed by atoms with Crippen LogP contribution in [0.15, 0.2) is 12.7 Å². The maximum Gasteiger partial charge on any atom is 0.247 e. The van der Waals surface area contributed by atoms with Gasteiger partial charge < -0.3 is 0 Å². The van der Waals surface area contributed by atoms with Crippen molar-refractivity contribution in [2.45, 2.75) is 46.5 Å². The summed E-state index contributed by atoms with van der Waals surface area (Å²) in [7, 11) is 0. The quantitative estimate of drug-likeness (QED) is 0.288. The summed E-state index contributed by atoms with van der Waals surface area (Å²) in [5.41, 5.74) is 1.68. The average Bonchev–Trinajstić information content (AvgIpc) is 2.31. The molecule has 0 radical (unpaired) electrons. The Bertz CT molecular complexity index is 287. The monoisotopic (exact) mass is 255 g/mol. The number of unbranched alkanes of at least 4 members (excludes halogenated alkanes) is 1. The van der Waals surface area contributed by atoms with E-state index in [4.69, 9.17) is 5.21 Å². The molecule has 0 aliphatic carbocycles. The fourth-order valence-electron chi connectivity index (χ4n) is 2.20. The van der Waals surface area contributed by atoms with Crippen LogP contribution in [0.2, 0.25) is 0 Å². The van der Waals surface area contributed by atoms with E-state index in [1.165, 1.54) is 6.92 Å². The molecule has 0 bridgehead atoms. The van der Waals surface area contributed by atoms with Crippen molar-refractivity contribution in [2.75, 3.05) is 0 Å². The first kappa shape index (κ1) is 16.8. The molecule has 1 amide bonds. The topological polar surface area (TPSA) is 66.4 Å². The maximum atomic E-state index is 11.7. The number of allylic oxidation sites excluding steroid dienone is 1. The number of Topliss-reactive ketones (excluding diaryl/α,β-unsaturated/α-hetero) is 1. The number of carbonyl (C=O) groups excluding carboxylic acids is 2. The van der Waals surface area contributed by atoms with Gasteiger partial charge in [-0.15, -0.1) is 6.58 Å². The highest BCUT2D eigenvalue weighted by Crippen LogP contribution is 2.26. The van der Waals surface area contributed by atoms with Crippen LogP contribution in [0.4, 0.5) is 0 Å². The van der Waals surface area contributed by atoms with Gasteiger partial charge in [-0.05, 0) is 38.5 Å². The van der Waals surface area contributed by atoms with Crippen molar-refractivity contribution in [1.82, 2.24) is 5.48 Å². The molecule has 0 aliphatic rings. The third-order valence-electron chi connectivity index (χ3n) is 3.10. The molecule has 0 aliphatic heterocycles. The van der Waals surface area contributed by atoms with Crippen LogP contribution in [0.5, 0.6) is 0 Å². The highest BCUT2D eigenvalue weighted by atomic mass is 16.5. The van der Waals surface area contributed by atoms with Crippen molar-refractivity contribution in [2.24, 2.45) is 17.8 Å². The third-order valence-corrected chi connectivity index (χ3v) is 3.10. The molecule has 0 spiro atoms. The molecule has 4 heteroatoms. The fraction of sp³-hybridized carbons (Fsp3) is 0.714. The molecule has 104 valence electrons. The smallest absolute Gasteiger partial charge is 0.247 e. The number of hydrogen-bond acceptors (Lipinski definition) is 3. The molecule has 18 heavy (non-hydrogen) atoms. The van der Waals surface area contributed by atoms with Gasteiger partial charge >= 0.3 is 0 Å². The van der Waals surface area contributed by atoms with Crippen LogP contribution in [-0.4, -0.2) is 16.9 Å². The van der Waals surface area contributed by atoms with Gasteiger partial charge in [0, 0.05) is 11.8 Å². The Morgan fingerprint density at radius 3 is 2.33 bits per heavy atom. The summed E-state index contributed by atoms with van der Waals surface area (Å²) in [5, 5.41) is 8.80. The van der Waals surface area contributed by atoms with Gasteiger partial charge in [0.1, 0.15) is 5.78 Å². The largest absolute Gasteiger partial charge is 0.300 e. The van der Waals surface area contributed by atoms with Gasteiger partial charge in [0.25, 0.3) is 0 Å². The van der Waals surface area contributed by atoms with Crippen LogP contribution in [0.3, 0.4) is 0 Å². The Labute approximate surface area is 109 Å². The third kappa shape index (κ3) is 5.96. The lowest BCUT2D eigenvalue weighted by molar-refractivity contribution is -0.139. The summed E-state index contributed by atoms with van der Waals surface area (Å²) in [6, 6.07) is 0. The highest BCUT2D eigenvalue weighted by Gasteiger charge is 2.31. The first-order valence-electron chi connectivity index (χ1n) is 6.49. The number of amides is 1. The minimum absolute atomic E-state index is 0.0101. The number of rotatable bonds is 9. The van der Waals surface area contributed by atoms with Gasteiger partial charge in [-0.1, -0.05) is 19.9 Å². The summed E-state index contributed by atoms with van der Waals surface area (Å²) in [6.07, 6.45) is 4.65. The van der Waals surface area contributed by atoms with Crippen molar-refractivity contribution in [1.29, 1.82) is 0 Å². The molecule has 0 unspecified atom stereocenters. The number of hydrogen-bond donors (Lipinski definition) is 2. The van der Waals surface area contributed by atoms with Gasteiger partial charge in [0.05, 0.1) is 0 Å². The second kappa shape index (κ2) is 8.86. The lowest BCUT2D eigenvalue weighted by Gasteiger charge is -2.24. The number of hydroxylamine groups is 1. The van der Waals surface area contributed by atoms with Gasteiger partial charge in [0.15, 0.2) is 0 Å². The van der Waals surface area contributed by atoms with Crippen molar-refractivity contribution in [3.8, 4) is 0 Å². The van der Waals surface area contributed by atoms with E-state index < -0.39 is 11.8 Å². The fourth-order valence-corrected chi connectivity index (χ4v) is 2.20. The molecule has 2 atom stereocenters. The lowest BCUT2D eigenvalue weighted by atomic mass is 9.79. The first-order valence-corrected chi connectivity index (χ1v) is 6.49. The molecule has 2 N–H and O–H groups in total. The second-order valence-electron chi connectivity index (χ2n) is 5.15. The van der Waals surface area contributed by atoms with Crippen LogP contribution < -0.4 is 5.48 Å². The molecule has 0 saturated carbocycles. The standard InChI is InChI=1S/C14H25NO3/c1-5-6-7-8-12(14(17)15-18)13(11(4)16)9-10(2)3/h5,10,12-13,18H,1,6-9H2,2-4H3,(H,15,17)/t12-,13-/m0/s1. The van der Waals surface area contributed by atoms with E-state index in [1.807, 2.05) is 13.8 Å². The first-order chi connectivity index (χ1) is 8.43. The van der Waals surface area contributed by atoms with Gasteiger partial charge in [-0.3, -0.25) is 14.8 Å². The highest BCUT2D eigenvalue weighted by molar-refractivity contribution is 5.87. The molecule has 0 aromatic carbocycles. The molecule has 0 fully saturated rings. The molecule has 0 heterocycles. The van der Waals surface area contributed by atoms with Crippen LogP contribution in [0, 0.1) is 17.8 Å². The normalized spacial score (nSPS) is 14.1. The van der Waals surface area contributed by atoms with Gasteiger partial charge in [-0.2, -0.15) is 0 Å². The molecule has 0 saturated heterocycles. The summed E-state index contributed by atoms with van der Waals surface area (Å²) in [6.45, 7) is 9.19. The van der Waals surface area contributed by atoms with Crippen LogP contribution in [0.25, 0.3) is 0 Å². The zero-order chi connectivity index (χ0) is 14.1. The van der Waals surface area contributed by atoms with Crippen molar-refractivity contribution >= 4 is 11.7 Å². The molecule has 4 nitrogen and oxygen atoms in total. The number of carbonyl (C=O) groups is 2. The van der Waals surface area contributed by atoms with Crippen LogP contribution >= 0.6 is 0 Å². The molecule has 0 aromatic rings. The maximum absolute atomic E-state index is 11.7. The van der Waals surface area contributed by atoms with E-state index in [2.05, 4.69) is 6.58 Å². The van der Waals surface area contributed by atoms with Gasteiger partial charge in [-0.25, -0.2) is 5.48 Å². The predicted octanol–water partition coefficient (Wildman–Crippen LogP) is 2.72. The Kier molecular flexibility index (Phi) is 8.29. The molecule has 0 rings (SSSR count). The zero-order valence-corrected chi connectivity index (χ0v) is 11.6. The summed E-state index contributed by atoms with van der Waals surface area (Å²) in [5.74, 6) is -0.875. The Morgan fingerprint density at radius 1 is 1.33 bits per heavy atom. The minimum atomic E-state index is -0.458. The van der Waals surface area contributed by atoms with E-state index in [-0.39, 0.29) is 11.7 Å². The predicted molar refractivity (Wildman–Crippen MR) is 71.1 cm³/mol.